The Bertz CT molecular complexity index is 377. The Hall–Kier alpha value is -1.05. The molecule has 7 heteroatoms. The SMILES string of the molecule is CCC(OC)C(=O)Nc1nnc(CCN(C)C)s1. The predicted molar refractivity (Wildman–Crippen MR) is 71.9 cm³/mol. The number of aromatic nitrogens is 2. The number of likely N-dealkylation sites (N-methyl/N-ethyl adjacent to an activating group) is 1. The Balaban J connectivity index is 2.50. The van der Waals surface area contributed by atoms with Crippen molar-refractivity contribution in [1.29, 1.82) is 0 Å². The third kappa shape index (κ3) is 4.67. The molecule has 0 aromatic carbocycles. The van der Waals surface area contributed by atoms with Gasteiger partial charge in [-0.2, -0.15) is 0 Å². The second-order valence-corrected chi connectivity index (χ2v) is 5.24. The first kappa shape index (κ1) is 15.0. The van der Waals surface area contributed by atoms with E-state index >= 15 is 0 Å². The minimum atomic E-state index is -0.431. The fourth-order valence-electron chi connectivity index (χ4n) is 1.37. The summed E-state index contributed by atoms with van der Waals surface area (Å²) >= 11 is 1.41. The number of anilines is 1. The Labute approximate surface area is 111 Å². The quantitative estimate of drug-likeness (QED) is 0.802. The molecule has 0 fully saturated rings. The van der Waals surface area contributed by atoms with Crippen LogP contribution in [-0.2, 0) is 16.0 Å². The summed E-state index contributed by atoms with van der Waals surface area (Å²) in [5, 5.41) is 12.2. The van der Waals surface area contributed by atoms with Crippen molar-refractivity contribution in [1.82, 2.24) is 15.1 Å². The van der Waals surface area contributed by atoms with Crippen molar-refractivity contribution in [3.63, 3.8) is 0 Å². The van der Waals surface area contributed by atoms with Crippen molar-refractivity contribution in [2.24, 2.45) is 0 Å². The maximum atomic E-state index is 11.7. The molecule has 102 valence electrons. The van der Waals surface area contributed by atoms with Crippen molar-refractivity contribution in [2.45, 2.75) is 25.9 Å². The number of hydrogen-bond acceptors (Lipinski definition) is 6. The smallest absolute Gasteiger partial charge is 0.255 e. The van der Waals surface area contributed by atoms with Crippen LogP contribution in [0.1, 0.15) is 18.4 Å². The van der Waals surface area contributed by atoms with E-state index in [1.54, 1.807) is 0 Å². The van der Waals surface area contributed by atoms with Gasteiger partial charge in [0.15, 0.2) is 0 Å². The summed E-state index contributed by atoms with van der Waals surface area (Å²) in [6.07, 6.45) is 1.04. The van der Waals surface area contributed by atoms with Gasteiger partial charge in [0.05, 0.1) is 0 Å². The summed E-state index contributed by atoms with van der Waals surface area (Å²) in [6, 6.07) is 0. The molecule has 1 amide bonds. The van der Waals surface area contributed by atoms with E-state index in [0.29, 0.717) is 11.6 Å². The zero-order valence-corrected chi connectivity index (χ0v) is 12.1. The Morgan fingerprint density at radius 3 is 2.78 bits per heavy atom. The van der Waals surface area contributed by atoms with Crippen LogP contribution in [0.4, 0.5) is 5.13 Å². The van der Waals surface area contributed by atoms with Crippen LogP contribution in [0.3, 0.4) is 0 Å². The number of carbonyl (C=O) groups excluding carboxylic acids is 1. The first-order chi connectivity index (χ1) is 8.56. The third-order valence-electron chi connectivity index (χ3n) is 2.42. The third-order valence-corrected chi connectivity index (χ3v) is 3.32. The molecule has 6 nitrogen and oxygen atoms in total. The van der Waals surface area contributed by atoms with Crippen molar-refractivity contribution >= 4 is 22.4 Å². The number of carbonyl (C=O) groups is 1. The summed E-state index contributed by atoms with van der Waals surface area (Å²) in [7, 11) is 5.54. The fraction of sp³-hybridized carbons (Fsp3) is 0.727. The molecule has 0 saturated carbocycles. The van der Waals surface area contributed by atoms with E-state index < -0.39 is 6.10 Å². The molecule has 18 heavy (non-hydrogen) atoms. The van der Waals surface area contributed by atoms with Crippen LogP contribution in [0.2, 0.25) is 0 Å². The highest BCUT2D eigenvalue weighted by Crippen LogP contribution is 2.16. The van der Waals surface area contributed by atoms with Gasteiger partial charge in [0.1, 0.15) is 11.1 Å². The summed E-state index contributed by atoms with van der Waals surface area (Å²) in [5.74, 6) is -0.171. The molecule has 0 bridgehead atoms. The van der Waals surface area contributed by atoms with E-state index in [2.05, 4.69) is 20.4 Å². The van der Waals surface area contributed by atoms with E-state index in [-0.39, 0.29) is 5.91 Å². The lowest BCUT2D eigenvalue weighted by Crippen LogP contribution is -2.28. The summed E-state index contributed by atoms with van der Waals surface area (Å²) in [5.41, 5.74) is 0. The van der Waals surface area contributed by atoms with Gasteiger partial charge in [-0.15, -0.1) is 10.2 Å². The fourth-order valence-corrected chi connectivity index (χ4v) is 2.10. The molecule has 1 N–H and O–H groups in total. The minimum absolute atomic E-state index is 0.171. The molecule has 1 atom stereocenters. The van der Waals surface area contributed by atoms with Crippen LogP contribution in [-0.4, -0.2) is 54.9 Å². The van der Waals surface area contributed by atoms with E-state index in [9.17, 15) is 4.79 Å². The lowest BCUT2D eigenvalue weighted by molar-refractivity contribution is -0.125. The lowest BCUT2D eigenvalue weighted by Gasteiger charge is -2.10. The highest BCUT2D eigenvalue weighted by Gasteiger charge is 2.17. The van der Waals surface area contributed by atoms with Crippen LogP contribution in [0.15, 0.2) is 0 Å². The van der Waals surface area contributed by atoms with Crippen LogP contribution < -0.4 is 5.32 Å². The largest absolute Gasteiger partial charge is 0.372 e. The number of ether oxygens (including phenoxy) is 1. The molecule has 1 aromatic rings. The van der Waals surface area contributed by atoms with Crippen LogP contribution in [0.25, 0.3) is 0 Å². The van der Waals surface area contributed by atoms with Gasteiger partial charge in [-0.3, -0.25) is 10.1 Å². The van der Waals surface area contributed by atoms with Crippen LogP contribution in [0, 0.1) is 0 Å². The highest BCUT2D eigenvalue weighted by molar-refractivity contribution is 7.15. The second kappa shape index (κ2) is 7.40. The van der Waals surface area contributed by atoms with Gasteiger partial charge in [0.25, 0.3) is 5.91 Å². The topological polar surface area (TPSA) is 67.3 Å². The van der Waals surface area contributed by atoms with Crippen LogP contribution >= 0.6 is 11.3 Å². The minimum Gasteiger partial charge on any atom is -0.372 e. The van der Waals surface area contributed by atoms with Gasteiger partial charge in [-0.05, 0) is 20.5 Å². The van der Waals surface area contributed by atoms with Gasteiger partial charge in [0, 0.05) is 20.1 Å². The molecule has 0 saturated heterocycles. The maximum Gasteiger partial charge on any atom is 0.255 e. The molecule has 0 aliphatic carbocycles. The zero-order valence-electron chi connectivity index (χ0n) is 11.3. The molecule has 0 spiro atoms. The summed E-state index contributed by atoms with van der Waals surface area (Å²) in [4.78, 5) is 13.8. The Morgan fingerprint density at radius 2 is 2.22 bits per heavy atom. The molecule has 1 rings (SSSR count). The second-order valence-electron chi connectivity index (χ2n) is 4.18. The average Bonchev–Trinajstić information content (AvgIpc) is 2.75. The van der Waals surface area contributed by atoms with E-state index in [0.717, 1.165) is 18.0 Å². The molecule has 1 aromatic heterocycles. The molecule has 1 unspecified atom stereocenters. The number of methoxy groups -OCH3 is 1. The zero-order chi connectivity index (χ0) is 13.5. The van der Waals surface area contributed by atoms with E-state index in [1.165, 1.54) is 18.4 Å². The van der Waals surface area contributed by atoms with Crippen molar-refractivity contribution < 1.29 is 9.53 Å². The van der Waals surface area contributed by atoms with E-state index in [1.807, 2.05) is 21.0 Å². The van der Waals surface area contributed by atoms with Crippen molar-refractivity contribution in [3.05, 3.63) is 5.01 Å². The number of amides is 1. The monoisotopic (exact) mass is 272 g/mol. The maximum absolute atomic E-state index is 11.7. The van der Waals surface area contributed by atoms with Crippen molar-refractivity contribution in [2.75, 3.05) is 33.1 Å². The van der Waals surface area contributed by atoms with Gasteiger partial charge >= 0.3 is 0 Å². The Kier molecular flexibility index (Phi) is 6.17. The number of nitrogens with zero attached hydrogens (tertiary/aromatic N) is 3. The average molecular weight is 272 g/mol. The molecule has 0 aliphatic rings. The number of rotatable bonds is 7. The number of nitrogens with one attached hydrogen (secondary N) is 1. The van der Waals surface area contributed by atoms with Gasteiger partial charge in [-0.25, -0.2) is 0 Å². The molecule has 1 heterocycles. The standard InChI is InChI=1S/C11H20N4O2S/c1-5-8(17-4)10(16)12-11-14-13-9(18-11)6-7-15(2)3/h8H,5-7H2,1-4H3,(H,12,14,16). The molecular formula is C11H20N4O2S. The van der Waals surface area contributed by atoms with Gasteiger partial charge in [-0.1, -0.05) is 18.3 Å². The first-order valence-electron chi connectivity index (χ1n) is 5.87. The predicted octanol–water partition coefficient (Wildman–Crippen LogP) is 1.01. The van der Waals surface area contributed by atoms with Crippen LogP contribution in [0.5, 0.6) is 0 Å². The summed E-state index contributed by atoms with van der Waals surface area (Å²) < 4.78 is 5.06. The van der Waals surface area contributed by atoms with Gasteiger partial charge < -0.3 is 9.64 Å². The molecule has 0 radical (unpaired) electrons. The Morgan fingerprint density at radius 1 is 1.50 bits per heavy atom. The lowest BCUT2D eigenvalue weighted by atomic mass is 10.2. The number of hydrogen-bond donors (Lipinski definition) is 1. The first-order valence-corrected chi connectivity index (χ1v) is 6.69. The van der Waals surface area contributed by atoms with Crippen molar-refractivity contribution in [3.8, 4) is 0 Å². The van der Waals surface area contributed by atoms with E-state index in [4.69, 9.17) is 4.74 Å². The normalized spacial score (nSPS) is 12.7. The molecular weight excluding hydrogens is 252 g/mol. The highest BCUT2D eigenvalue weighted by atomic mass is 32.1. The van der Waals surface area contributed by atoms with Gasteiger partial charge in [0.2, 0.25) is 5.13 Å². The molecule has 0 aliphatic heterocycles. The summed E-state index contributed by atoms with van der Waals surface area (Å²) in [6.45, 7) is 2.81.